The summed E-state index contributed by atoms with van der Waals surface area (Å²) in [4.78, 5) is 6.57. The molecule has 0 aliphatic carbocycles. The van der Waals surface area contributed by atoms with E-state index in [9.17, 15) is 0 Å². The minimum absolute atomic E-state index is 0.581. The fraction of sp³-hybridized carbons (Fsp3) is 0.125. The highest BCUT2D eigenvalue weighted by Gasteiger charge is 2.07. The van der Waals surface area contributed by atoms with E-state index in [1.807, 2.05) is 67.5 Å². The van der Waals surface area contributed by atoms with Crippen molar-refractivity contribution in [2.45, 2.75) is 0 Å². The van der Waals surface area contributed by atoms with Gasteiger partial charge in [-0.15, -0.1) is 0 Å². The van der Waals surface area contributed by atoms with Crippen molar-refractivity contribution in [1.29, 1.82) is 5.26 Å². The monoisotopic (exact) mass is 249 g/mol. The summed E-state index contributed by atoms with van der Waals surface area (Å²) in [5.41, 5.74) is 2.30. The normalized spacial score (nSPS) is 10.9. The van der Waals surface area contributed by atoms with Crippen molar-refractivity contribution in [3.05, 3.63) is 65.7 Å². The van der Waals surface area contributed by atoms with Gasteiger partial charge in [0.2, 0.25) is 0 Å². The number of hydrogen-bond donors (Lipinski definition) is 0. The molecule has 0 saturated heterocycles. The number of para-hydroxylation sites is 1. The highest BCUT2D eigenvalue weighted by atomic mass is 15.1. The molecule has 3 nitrogen and oxygen atoms in total. The Morgan fingerprint density at radius 1 is 1.00 bits per heavy atom. The van der Waals surface area contributed by atoms with Gasteiger partial charge in [-0.25, -0.2) is 4.99 Å². The van der Waals surface area contributed by atoms with E-state index in [0.29, 0.717) is 11.3 Å². The number of nitrogens with zero attached hydrogens (tertiary/aromatic N) is 3. The number of hydrogen-bond acceptors (Lipinski definition) is 2. The Hall–Kier alpha value is -2.60. The minimum Gasteiger partial charge on any atom is -0.362 e. The Morgan fingerprint density at radius 2 is 1.63 bits per heavy atom. The van der Waals surface area contributed by atoms with Gasteiger partial charge in [-0.05, 0) is 12.1 Å². The molecule has 0 fully saturated rings. The highest BCUT2D eigenvalue weighted by Crippen LogP contribution is 2.19. The van der Waals surface area contributed by atoms with Gasteiger partial charge >= 0.3 is 0 Å². The van der Waals surface area contributed by atoms with Crippen molar-refractivity contribution < 1.29 is 0 Å². The van der Waals surface area contributed by atoms with Crippen LogP contribution in [0.15, 0.2) is 59.6 Å². The van der Waals surface area contributed by atoms with E-state index in [1.165, 1.54) is 0 Å². The maximum absolute atomic E-state index is 9.11. The summed E-state index contributed by atoms with van der Waals surface area (Å²) in [7, 11) is 3.89. The second kappa shape index (κ2) is 5.83. The van der Waals surface area contributed by atoms with Gasteiger partial charge in [0.05, 0.1) is 11.3 Å². The van der Waals surface area contributed by atoms with Crippen LogP contribution < -0.4 is 0 Å². The largest absolute Gasteiger partial charge is 0.362 e. The van der Waals surface area contributed by atoms with Gasteiger partial charge in [-0.1, -0.05) is 42.5 Å². The molecule has 19 heavy (non-hydrogen) atoms. The van der Waals surface area contributed by atoms with Crippen molar-refractivity contribution in [2.24, 2.45) is 4.99 Å². The molecular weight excluding hydrogens is 234 g/mol. The number of nitriles is 1. The van der Waals surface area contributed by atoms with Crippen molar-refractivity contribution in [1.82, 2.24) is 4.90 Å². The number of rotatable bonds is 2. The Balaban J connectivity index is 2.51. The van der Waals surface area contributed by atoms with Crippen LogP contribution >= 0.6 is 0 Å². The number of aliphatic imine (C=N–C) groups is 1. The molecule has 0 unspecified atom stereocenters. The van der Waals surface area contributed by atoms with Crippen molar-refractivity contribution in [3.63, 3.8) is 0 Å². The average molecular weight is 249 g/mol. The fourth-order valence-corrected chi connectivity index (χ4v) is 1.79. The molecule has 0 atom stereocenters. The van der Waals surface area contributed by atoms with Crippen molar-refractivity contribution in [3.8, 4) is 6.07 Å². The predicted octanol–water partition coefficient (Wildman–Crippen LogP) is 3.20. The van der Waals surface area contributed by atoms with E-state index in [1.54, 1.807) is 6.07 Å². The van der Waals surface area contributed by atoms with Gasteiger partial charge in [-0.2, -0.15) is 5.26 Å². The molecule has 0 spiro atoms. The summed E-state index contributed by atoms with van der Waals surface area (Å²) in [6.45, 7) is 0. The summed E-state index contributed by atoms with van der Waals surface area (Å²) >= 11 is 0. The lowest BCUT2D eigenvalue weighted by Gasteiger charge is -2.16. The fourth-order valence-electron chi connectivity index (χ4n) is 1.79. The predicted molar refractivity (Wildman–Crippen MR) is 77.5 cm³/mol. The molecule has 0 heterocycles. The summed E-state index contributed by atoms with van der Waals surface area (Å²) in [5.74, 6) is 0.836. The smallest absolute Gasteiger partial charge is 0.136 e. The van der Waals surface area contributed by atoms with E-state index in [4.69, 9.17) is 5.26 Å². The van der Waals surface area contributed by atoms with Crippen LogP contribution in [0.2, 0.25) is 0 Å². The molecule has 2 aromatic carbocycles. The van der Waals surface area contributed by atoms with Crippen LogP contribution in [0.25, 0.3) is 0 Å². The molecule has 0 N–H and O–H groups in total. The van der Waals surface area contributed by atoms with E-state index in [2.05, 4.69) is 11.1 Å². The Bertz CT molecular complexity index is 622. The van der Waals surface area contributed by atoms with Gasteiger partial charge in [0.1, 0.15) is 11.9 Å². The second-order valence-electron chi connectivity index (χ2n) is 4.32. The highest BCUT2D eigenvalue weighted by molar-refractivity contribution is 6.00. The van der Waals surface area contributed by atoms with Crippen LogP contribution in [0.4, 0.5) is 5.69 Å². The van der Waals surface area contributed by atoms with Crippen LogP contribution in [-0.2, 0) is 0 Å². The molecule has 0 radical (unpaired) electrons. The van der Waals surface area contributed by atoms with Crippen LogP contribution in [0.5, 0.6) is 0 Å². The van der Waals surface area contributed by atoms with Crippen molar-refractivity contribution >= 4 is 11.5 Å². The Kier molecular flexibility index (Phi) is 3.94. The topological polar surface area (TPSA) is 39.4 Å². The molecule has 0 bridgehead atoms. The van der Waals surface area contributed by atoms with Gasteiger partial charge in [0, 0.05) is 19.7 Å². The number of benzene rings is 2. The van der Waals surface area contributed by atoms with Crippen LogP contribution in [0.1, 0.15) is 11.1 Å². The van der Waals surface area contributed by atoms with Crippen molar-refractivity contribution in [2.75, 3.05) is 14.1 Å². The van der Waals surface area contributed by atoms with E-state index < -0.39 is 0 Å². The standard InChI is InChI=1S/C16H15N3/c1-19(2)16(13-8-4-3-5-9-13)18-15-11-7-6-10-14(15)12-17/h3-11H,1-2H3. The summed E-state index contributed by atoms with van der Waals surface area (Å²) in [6.07, 6.45) is 0. The third-order valence-electron chi connectivity index (χ3n) is 2.71. The maximum atomic E-state index is 9.11. The maximum Gasteiger partial charge on any atom is 0.136 e. The molecule has 3 heteroatoms. The zero-order chi connectivity index (χ0) is 13.7. The SMILES string of the molecule is CN(C)C(=Nc1ccccc1C#N)c1ccccc1. The summed E-state index contributed by atoms with van der Waals surface area (Å²) in [5, 5.41) is 9.11. The lowest BCUT2D eigenvalue weighted by atomic mass is 10.1. The lowest BCUT2D eigenvalue weighted by molar-refractivity contribution is 0.624. The molecule has 0 amide bonds. The molecule has 0 aromatic heterocycles. The first kappa shape index (κ1) is 12.8. The molecular formula is C16H15N3. The minimum atomic E-state index is 0.581. The van der Waals surface area contributed by atoms with Gasteiger partial charge in [0.25, 0.3) is 0 Å². The van der Waals surface area contributed by atoms with E-state index >= 15 is 0 Å². The Morgan fingerprint density at radius 3 is 2.26 bits per heavy atom. The molecule has 94 valence electrons. The quantitative estimate of drug-likeness (QED) is 0.605. The zero-order valence-electron chi connectivity index (χ0n) is 11.0. The summed E-state index contributed by atoms with van der Waals surface area (Å²) in [6, 6.07) is 19.5. The molecule has 0 aliphatic rings. The van der Waals surface area contributed by atoms with Gasteiger partial charge in [-0.3, -0.25) is 0 Å². The Labute approximate surface area is 113 Å². The van der Waals surface area contributed by atoms with Gasteiger partial charge < -0.3 is 4.90 Å². The first-order chi connectivity index (χ1) is 9.22. The first-order valence-corrected chi connectivity index (χ1v) is 6.03. The molecule has 0 saturated carbocycles. The lowest BCUT2D eigenvalue weighted by Crippen LogP contribution is -2.22. The van der Waals surface area contributed by atoms with E-state index in [0.717, 1.165) is 11.4 Å². The summed E-state index contributed by atoms with van der Waals surface area (Å²) < 4.78 is 0. The van der Waals surface area contributed by atoms with Crippen LogP contribution in [0.3, 0.4) is 0 Å². The zero-order valence-corrected chi connectivity index (χ0v) is 11.0. The average Bonchev–Trinajstić information content (AvgIpc) is 2.45. The molecule has 2 rings (SSSR count). The third kappa shape index (κ3) is 2.99. The van der Waals surface area contributed by atoms with Gasteiger partial charge in [0.15, 0.2) is 0 Å². The van der Waals surface area contributed by atoms with Crippen LogP contribution in [0, 0.1) is 11.3 Å². The van der Waals surface area contributed by atoms with Crippen LogP contribution in [-0.4, -0.2) is 24.8 Å². The molecule has 0 aliphatic heterocycles. The second-order valence-corrected chi connectivity index (χ2v) is 4.32. The molecule has 2 aromatic rings. The third-order valence-corrected chi connectivity index (χ3v) is 2.71. The van der Waals surface area contributed by atoms with E-state index in [-0.39, 0.29) is 0 Å². The number of amidine groups is 1. The first-order valence-electron chi connectivity index (χ1n) is 6.03.